The first-order valence-electron chi connectivity index (χ1n) is 13.7. The van der Waals surface area contributed by atoms with Crippen molar-refractivity contribution < 1.29 is 14.3 Å². The minimum absolute atomic E-state index is 0.0672. The van der Waals surface area contributed by atoms with E-state index in [-0.39, 0.29) is 16.7 Å². The Morgan fingerprint density at radius 3 is 2.25 bits per heavy atom. The smallest absolute Gasteiger partial charge is 0.346 e. The topological polar surface area (TPSA) is 90.3 Å². The fourth-order valence-corrected chi connectivity index (χ4v) is 5.06. The summed E-state index contributed by atoms with van der Waals surface area (Å²) in [6.07, 6.45) is 3.74. The number of carbonyl (C=O) groups is 1. The number of nitrogens with zero attached hydrogens (tertiary/aromatic N) is 3. The van der Waals surface area contributed by atoms with E-state index >= 15 is 0 Å². The predicted octanol–water partition coefficient (Wildman–Crippen LogP) is 6.70. The second-order valence-corrected chi connectivity index (χ2v) is 11.3. The van der Waals surface area contributed by atoms with Gasteiger partial charge >= 0.3 is 11.7 Å². The van der Waals surface area contributed by atoms with E-state index in [1.165, 1.54) is 17.4 Å². The van der Waals surface area contributed by atoms with Crippen LogP contribution >= 0.6 is 0 Å². The van der Waals surface area contributed by atoms with Gasteiger partial charge < -0.3 is 9.52 Å². The number of hydrogen-bond acceptors (Lipinski definition) is 4. The predicted molar refractivity (Wildman–Crippen MR) is 157 cm³/mol. The molecular weight excluding hydrogens is 502 g/mol. The van der Waals surface area contributed by atoms with Crippen LogP contribution in [0, 0.1) is 0 Å². The minimum Gasteiger partial charge on any atom is -0.478 e. The highest BCUT2D eigenvalue weighted by Gasteiger charge is 2.16. The first kappa shape index (κ1) is 27.2. The van der Waals surface area contributed by atoms with Crippen molar-refractivity contribution in [1.29, 1.82) is 0 Å². The van der Waals surface area contributed by atoms with Crippen LogP contribution in [0.5, 0.6) is 0 Å². The van der Waals surface area contributed by atoms with Gasteiger partial charge in [-0.2, -0.15) is 5.10 Å². The molecule has 5 aromatic rings. The van der Waals surface area contributed by atoms with Gasteiger partial charge in [-0.3, -0.25) is 4.57 Å². The Kier molecular flexibility index (Phi) is 7.48. The molecule has 0 unspecified atom stereocenters. The van der Waals surface area contributed by atoms with E-state index < -0.39 is 5.97 Å². The van der Waals surface area contributed by atoms with Crippen molar-refractivity contribution in [2.45, 2.75) is 65.5 Å². The van der Waals surface area contributed by atoms with Crippen molar-refractivity contribution in [2.24, 2.45) is 0 Å². The highest BCUT2D eigenvalue weighted by molar-refractivity contribution is 6.03. The van der Waals surface area contributed by atoms with Crippen LogP contribution in [0.4, 0.5) is 0 Å². The van der Waals surface area contributed by atoms with Gasteiger partial charge in [-0.25, -0.2) is 14.3 Å². The minimum atomic E-state index is -1.00. The summed E-state index contributed by atoms with van der Waals surface area (Å²) in [5.74, 6) is -0.183. The van der Waals surface area contributed by atoms with Crippen LogP contribution in [0.15, 0.2) is 82.2 Å². The first-order chi connectivity index (χ1) is 19.1. The van der Waals surface area contributed by atoms with Gasteiger partial charge in [0.05, 0.1) is 6.54 Å². The molecular formula is C33H35N3O4. The number of aryl methyl sites for hydroxylation is 2. The largest absolute Gasteiger partial charge is 0.478 e. The normalized spacial score (nSPS) is 11.8. The lowest BCUT2D eigenvalue weighted by Crippen LogP contribution is -2.25. The summed E-state index contributed by atoms with van der Waals surface area (Å²) in [4.78, 5) is 24.5. The summed E-state index contributed by atoms with van der Waals surface area (Å²) in [7, 11) is 0. The molecule has 5 rings (SSSR count). The van der Waals surface area contributed by atoms with Gasteiger partial charge in [-0.1, -0.05) is 75.4 Å². The van der Waals surface area contributed by atoms with E-state index in [4.69, 9.17) is 4.42 Å². The lowest BCUT2D eigenvalue weighted by Gasteiger charge is -2.19. The fraction of sp³-hybridized carbons (Fsp3) is 0.303. The van der Waals surface area contributed by atoms with Crippen LogP contribution in [-0.4, -0.2) is 25.4 Å². The summed E-state index contributed by atoms with van der Waals surface area (Å²) in [5.41, 5.74) is 6.23. The van der Waals surface area contributed by atoms with Crippen LogP contribution in [0.2, 0.25) is 0 Å². The van der Waals surface area contributed by atoms with Crippen molar-refractivity contribution in [1.82, 2.24) is 14.3 Å². The van der Waals surface area contributed by atoms with Gasteiger partial charge in [-0.15, -0.1) is 0 Å². The molecule has 7 heteroatoms. The number of fused-ring (bicyclic) bond motifs is 1. The summed E-state index contributed by atoms with van der Waals surface area (Å²) in [5, 5.41) is 14.7. The Labute approximate surface area is 233 Å². The molecule has 0 fully saturated rings. The molecule has 0 aliphatic heterocycles. The molecule has 2 aromatic heterocycles. The van der Waals surface area contributed by atoms with Gasteiger partial charge in [-0.05, 0) is 65.1 Å². The third kappa shape index (κ3) is 5.64. The molecule has 0 atom stereocenters. The summed E-state index contributed by atoms with van der Waals surface area (Å²) < 4.78 is 8.71. The van der Waals surface area contributed by atoms with Gasteiger partial charge in [0.15, 0.2) is 0 Å². The molecule has 0 aliphatic rings. The number of aromatic nitrogens is 3. The highest BCUT2D eigenvalue weighted by Crippen LogP contribution is 2.28. The average Bonchev–Trinajstić information content (AvgIpc) is 3.49. The molecule has 2 heterocycles. The van der Waals surface area contributed by atoms with Gasteiger partial charge in [0, 0.05) is 18.4 Å². The third-order valence-corrected chi connectivity index (χ3v) is 7.42. The molecule has 40 heavy (non-hydrogen) atoms. The van der Waals surface area contributed by atoms with Crippen molar-refractivity contribution in [3.8, 4) is 11.1 Å². The molecule has 0 saturated carbocycles. The SMILES string of the molecule is CCn1c(CCCc2ccc(-c3ccc4occ(C(=O)O)c4c3)cc2)nn(Cc2ccc(C(C)(C)C)cc2)c1=O. The van der Waals surface area contributed by atoms with E-state index in [0.29, 0.717) is 24.1 Å². The zero-order chi connectivity index (χ0) is 28.4. The number of carboxylic acids is 1. The molecule has 3 aromatic carbocycles. The van der Waals surface area contributed by atoms with Crippen LogP contribution < -0.4 is 5.69 Å². The van der Waals surface area contributed by atoms with Crippen molar-refractivity contribution >= 4 is 16.9 Å². The Hall–Kier alpha value is -4.39. The van der Waals surface area contributed by atoms with Crippen LogP contribution in [0.25, 0.3) is 22.1 Å². The standard InChI is InChI=1S/C33H35N3O4/c1-5-35-30(34-36(32(35)39)20-23-11-16-26(17-12-23)33(2,3)4)8-6-7-22-9-13-24(14-10-22)25-15-18-29-27(19-25)28(21-40-29)31(37)38/h9-19,21H,5-8,20H2,1-4H3,(H,37,38). The van der Waals surface area contributed by atoms with Crippen molar-refractivity contribution in [2.75, 3.05) is 0 Å². The lowest BCUT2D eigenvalue weighted by molar-refractivity contribution is 0.0698. The van der Waals surface area contributed by atoms with Gasteiger partial charge in [0.25, 0.3) is 0 Å². The molecule has 0 spiro atoms. The Balaban J connectivity index is 1.24. The second kappa shape index (κ2) is 11.0. The number of carboxylic acid groups (broad SMARTS) is 1. The first-order valence-corrected chi connectivity index (χ1v) is 13.7. The number of aromatic carboxylic acids is 1. The average molecular weight is 538 g/mol. The molecule has 206 valence electrons. The number of furan rings is 1. The van der Waals surface area contributed by atoms with E-state index in [1.54, 1.807) is 15.3 Å². The molecule has 0 aliphatic carbocycles. The van der Waals surface area contributed by atoms with Crippen LogP contribution in [-0.2, 0) is 31.3 Å². The summed E-state index contributed by atoms with van der Waals surface area (Å²) >= 11 is 0. The molecule has 7 nitrogen and oxygen atoms in total. The maximum Gasteiger partial charge on any atom is 0.346 e. The molecule has 1 N–H and O–H groups in total. The molecule has 0 bridgehead atoms. The molecule has 0 radical (unpaired) electrons. The zero-order valence-corrected chi connectivity index (χ0v) is 23.5. The molecule has 0 amide bonds. The second-order valence-electron chi connectivity index (χ2n) is 11.3. The van der Waals surface area contributed by atoms with E-state index in [1.807, 2.05) is 19.1 Å². The van der Waals surface area contributed by atoms with Gasteiger partial charge in [0.2, 0.25) is 0 Å². The summed E-state index contributed by atoms with van der Waals surface area (Å²) in [6, 6.07) is 22.3. The van der Waals surface area contributed by atoms with E-state index in [0.717, 1.165) is 41.8 Å². The fourth-order valence-electron chi connectivity index (χ4n) is 5.06. The van der Waals surface area contributed by atoms with Gasteiger partial charge in [0.1, 0.15) is 23.2 Å². The maximum atomic E-state index is 13.0. The molecule has 0 saturated heterocycles. The van der Waals surface area contributed by atoms with Crippen molar-refractivity contribution in [3.05, 3.63) is 112 Å². The van der Waals surface area contributed by atoms with Crippen LogP contribution in [0.1, 0.15) is 67.0 Å². The zero-order valence-electron chi connectivity index (χ0n) is 23.5. The summed E-state index contributed by atoms with van der Waals surface area (Å²) in [6.45, 7) is 9.61. The monoisotopic (exact) mass is 537 g/mol. The Bertz CT molecular complexity index is 1700. The van der Waals surface area contributed by atoms with Crippen molar-refractivity contribution in [3.63, 3.8) is 0 Å². The lowest BCUT2D eigenvalue weighted by atomic mass is 9.87. The van der Waals surface area contributed by atoms with E-state index in [2.05, 4.69) is 74.4 Å². The third-order valence-electron chi connectivity index (χ3n) is 7.42. The number of hydrogen-bond donors (Lipinski definition) is 1. The Morgan fingerprint density at radius 1 is 0.925 bits per heavy atom. The number of benzene rings is 3. The number of rotatable bonds is 9. The quantitative estimate of drug-likeness (QED) is 0.226. The Morgan fingerprint density at radius 2 is 1.60 bits per heavy atom. The van der Waals surface area contributed by atoms with E-state index in [9.17, 15) is 14.7 Å². The highest BCUT2D eigenvalue weighted by atomic mass is 16.4. The maximum absolute atomic E-state index is 13.0. The van der Waals surface area contributed by atoms with Crippen LogP contribution in [0.3, 0.4) is 0 Å².